The minimum atomic E-state index is -0.0380. The van der Waals surface area contributed by atoms with Crippen molar-refractivity contribution in [3.8, 4) is 11.5 Å². The first-order valence-corrected chi connectivity index (χ1v) is 9.13. The number of benzene rings is 1. The highest BCUT2D eigenvalue weighted by molar-refractivity contribution is 5.75. The van der Waals surface area contributed by atoms with E-state index in [1.165, 1.54) is 0 Å². The number of carbonyl (C=O) groups excluding carboxylic acids is 1. The van der Waals surface area contributed by atoms with Crippen LogP contribution in [0.25, 0.3) is 0 Å². The summed E-state index contributed by atoms with van der Waals surface area (Å²) in [6, 6.07) is 11.6. The van der Waals surface area contributed by atoms with Crippen molar-refractivity contribution >= 4 is 6.03 Å². The van der Waals surface area contributed by atoms with Gasteiger partial charge in [0, 0.05) is 24.7 Å². The first-order chi connectivity index (χ1) is 12.8. The number of nitrogens with one attached hydrogen (secondary N) is 1. The Balaban J connectivity index is 1.37. The first-order valence-electron chi connectivity index (χ1n) is 9.13. The van der Waals surface area contributed by atoms with Crippen LogP contribution >= 0.6 is 0 Å². The Hall–Kier alpha value is -2.76. The lowest BCUT2D eigenvalue weighted by Gasteiger charge is -2.23. The molecule has 2 amide bonds. The molecular weight excluding hydrogens is 330 g/mol. The van der Waals surface area contributed by atoms with Crippen molar-refractivity contribution in [1.82, 2.24) is 15.2 Å². The highest BCUT2D eigenvalue weighted by Crippen LogP contribution is 2.31. The zero-order valence-corrected chi connectivity index (χ0v) is 14.6. The van der Waals surface area contributed by atoms with E-state index < -0.39 is 0 Å². The van der Waals surface area contributed by atoms with Crippen molar-refractivity contribution in [2.75, 3.05) is 19.7 Å². The molecule has 0 radical (unpaired) electrons. The van der Waals surface area contributed by atoms with Gasteiger partial charge < -0.3 is 19.7 Å². The average Bonchev–Trinajstić information content (AvgIpc) is 3.04. The Bertz CT molecular complexity index is 753. The van der Waals surface area contributed by atoms with Crippen LogP contribution in [0, 0.1) is 0 Å². The van der Waals surface area contributed by atoms with E-state index in [4.69, 9.17) is 9.47 Å². The van der Waals surface area contributed by atoms with Crippen molar-refractivity contribution < 1.29 is 14.3 Å². The third-order valence-corrected chi connectivity index (χ3v) is 4.86. The van der Waals surface area contributed by atoms with Crippen LogP contribution in [-0.4, -0.2) is 41.7 Å². The zero-order chi connectivity index (χ0) is 17.8. The van der Waals surface area contributed by atoms with Gasteiger partial charge >= 0.3 is 6.03 Å². The summed E-state index contributed by atoms with van der Waals surface area (Å²) in [5.74, 6) is 1.61. The summed E-state index contributed by atoms with van der Waals surface area (Å²) >= 11 is 0. The molecule has 26 heavy (non-hydrogen) atoms. The summed E-state index contributed by atoms with van der Waals surface area (Å²) in [4.78, 5) is 18.6. The largest absolute Gasteiger partial charge is 0.493 e. The minimum Gasteiger partial charge on any atom is -0.493 e. The number of rotatable bonds is 3. The van der Waals surface area contributed by atoms with Gasteiger partial charge in [0.25, 0.3) is 0 Å². The van der Waals surface area contributed by atoms with Crippen LogP contribution in [-0.2, 0) is 0 Å². The van der Waals surface area contributed by atoms with Gasteiger partial charge in [0.15, 0.2) is 0 Å². The summed E-state index contributed by atoms with van der Waals surface area (Å²) in [6.45, 7) is 1.97. The molecule has 0 spiro atoms. The fourth-order valence-electron chi connectivity index (χ4n) is 3.53. The average molecular weight is 353 g/mol. The predicted octanol–water partition coefficient (Wildman–Crippen LogP) is 3.16. The molecule has 6 nitrogen and oxygen atoms in total. The van der Waals surface area contributed by atoms with Gasteiger partial charge in [-0.2, -0.15) is 0 Å². The normalized spacial score (nSPS) is 22.1. The van der Waals surface area contributed by atoms with Gasteiger partial charge in [-0.25, -0.2) is 4.79 Å². The number of carbonyl (C=O) groups is 1. The quantitative estimate of drug-likeness (QED) is 0.921. The lowest BCUT2D eigenvalue weighted by molar-refractivity contribution is 0.183. The molecule has 6 heteroatoms. The van der Waals surface area contributed by atoms with E-state index in [0.29, 0.717) is 19.7 Å². The second-order valence-corrected chi connectivity index (χ2v) is 6.69. The molecule has 1 N–H and O–H groups in total. The fraction of sp³-hybridized carbons (Fsp3) is 0.400. The minimum absolute atomic E-state index is 0.00898. The highest BCUT2D eigenvalue weighted by atomic mass is 16.5. The molecule has 1 saturated heterocycles. The Morgan fingerprint density at radius 2 is 2.15 bits per heavy atom. The Labute approximate surface area is 153 Å². The third-order valence-electron chi connectivity index (χ3n) is 4.86. The maximum absolute atomic E-state index is 12.7. The van der Waals surface area contributed by atoms with Crippen molar-refractivity contribution in [3.05, 3.63) is 54.4 Å². The molecule has 0 unspecified atom stereocenters. The summed E-state index contributed by atoms with van der Waals surface area (Å²) < 4.78 is 11.7. The Morgan fingerprint density at radius 3 is 3.04 bits per heavy atom. The lowest BCUT2D eigenvalue weighted by atomic mass is 10.0. The van der Waals surface area contributed by atoms with E-state index in [-0.39, 0.29) is 18.2 Å². The molecule has 1 aromatic heterocycles. The van der Waals surface area contributed by atoms with Crippen molar-refractivity contribution in [3.63, 3.8) is 0 Å². The van der Waals surface area contributed by atoms with Crippen LogP contribution in [0.4, 0.5) is 4.79 Å². The third kappa shape index (κ3) is 3.74. The van der Waals surface area contributed by atoms with Gasteiger partial charge in [0.1, 0.15) is 17.6 Å². The summed E-state index contributed by atoms with van der Waals surface area (Å²) in [7, 11) is 0. The molecule has 1 aromatic carbocycles. The lowest BCUT2D eigenvalue weighted by Crippen LogP contribution is -2.41. The van der Waals surface area contributed by atoms with E-state index in [0.717, 1.165) is 36.3 Å². The molecule has 4 rings (SSSR count). The number of urea groups is 1. The fourth-order valence-corrected chi connectivity index (χ4v) is 3.53. The van der Waals surface area contributed by atoms with E-state index in [2.05, 4.69) is 10.3 Å². The molecular formula is C20H23N3O3. The molecule has 0 bridgehead atoms. The van der Waals surface area contributed by atoms with E-state index in [1.54, 1.807) is 12.4 Å². The van der Waals surface area contributed by atoms with E-state index in [1.807, 2.05) is 41.3 Å². The summed E-state index contributed by atoms with van der Waals surface area (Å²) in [6.07, 6.45) is 6.06. The second kappa shape index (κ2) is 7.64. The van der Waals surface area contributed by atoms with Crippen LogP contribution in [0.2, 0.25) is 0 Å². The molecule has 2 aliphatic rings. The van der Waals surface area contributed by atoms with Crippen molar-refractivity contribution in [2.24, 2.45) is 0 Å². The number of amides is 2. The maximum Gasteiger partial charge on any atom is 0.318 e. The van der Waals surface area contributed by atoms with Gasteiger partial charge in [-0.1, -0.05) is 18.2 Å². The van der Waals surface area contributed by atoms with Crippen LogP contribution < -0.4 is 14.8 Å². The number of pyridine rings is 1. The molecule has 0 saturated carbocycles. The van der Waals surface area contributed by atoms with Crippen molar-refractivity contribution in [2.45, 2.75) is 31.4 Å². The number of hydrogen-bond donors (Lipinski definition) is 1. The molecule has 1 fully saturated rings. The van der Waals surface area contributed by atoms with Gasteiger partial charge in [-0.05, 0) is 31.0 Å². The Kier molecular flexibility index (Phi) is 4.91. The van der Waals surface area contributed by atoms with E-state index in [9.17, 15) is 4.79 Å². The molecule has 2 aliphatic heterocycles. The SMILES string of the molecule is O=C(N[C@H]1CCCOc2ccccc21)N1CC[C@H](Oc2cccnc2)C1. The Morgan fingerprint density at radius 1 is 1.23 bits per heavy atom. The van der Waals surface area contributed by atoms with Crippen LogP contribution in [0.15, 0.2) is 48.8 Å². The number of fused-ring (bicyclic) bond motifs is 1. The first kappa shape index (κ1) is 16.7. The topological polar surface area (TPSA) is 63.7 Å². The molecule has 3 heterocycles. The summed E-state index contributed by atoms with van der Waals surface area (Å²) in [5.41, 5.74) is 1.06. The predicted molar refractivity (Wildman–Crippen MR) is 97.3 cm³/mol. The molecule has 0 aliphatic carbocycles. The molecule has 2 aromatic rings. The van der Waals surface area contributed by atoms with Gasteiger partial charge in [0.05, 0.1) is 25.4 Å². The number of likely N-dealkylation sites (tertiary alicyclic amines) is 1. The van der Waals surface area contributed by atoms with Gasteiger partial charge in [-0.15, -0.1) is 0 Å². The smallest absolute Gasteiger partial charge is 0.318 e. The second-order valence-electron chi connectivity index (χ2n) is 6.69. The summed E-state index contributed by atoms with van der Waals surface area (Å²) in [5, 5.41) is 3.18. The number of ether oxygens (including phenoxy) is 2. The number of hydrogen-bond acceptors (Lipinski definition) is 4. The highest BCUT2D eigenvalue weighted by Gasteiger charge is 2.30. The van der Waals surface area contributed by atoms with Gasteiger partial charge in [-0.3, -0.25) is 4.98 Å². The maximum atomic E-state index is 12.7. The monoisotopic (exact) mass is 353 g/mol. The van der Waals surface area contributed by atoms with Crippen LogP contribution in [0.3, 0.4) is 0 Å². The number of para-hydroxylation sites is 1. The number of aromatic nitrogens is 1. The molecule has 2 atom stereocenters. The standard InChI is InChI=1S/C20H23N3O3/c24-20(22-18-7-4-12-25-19-8-2-1-6-17(18)19)23-11-9-16(14-23)26-15-5-3-10-21-13-15/h1-3,5-6,8,10,13,16,18H,4,7,9,11-12,14H2,(H,22,24)/t16-,18-/m0/s1. The van der Waals surface area contributed by atoms with Crippen LogP contribution in [0.1, 0.15) is 30.9 Å². The van der Waals surface area contributed by atoms with Crippen LogP contribution in [0.5, 0.6) is 11.5 Å². The number of nitrogens with zero attached hydrogens (tertiary/aromatic N) is 2. The molecule has 136 valence electrons. The van der Waals surface area contributed by atoms with Crippen molar-refractivity contribution in [1.29, 1.82) is 0 Å². The zero-order valence-electron chi connectivity index (χ0n) is 14.6. The van der Waals surface area contributed by atoms with Gasteiger partial charge in [0.2, 0.25) is 0 Å². The van der Waals surface area contributed by atoms with E-state index >= 15 is 0 Å².